The summed E-state index contributed by atoms with van der Waals surface area (Å²) in [4.78, 5) is 14.9. The molecule has 2 aromatic rings. The van der Waals surface area contributed by atoms with Crippen LogP contribution in [0.1, 0.15) is 37.1 Å². The minimum atomic E-state index is -0.442. The van der Waals surface area contributed by atoms with Crippen molar-refractivity contribution in [2.75, 3.05) is 18.4 Å². The lowest BCUT2D eigenvalue weighted by molar-refractivity contribution is -0.123. The van der Waals surface area contributed by atoms with E-state index in [1.807, 2.05) is 25.1 Å². The Kier molecular flexibility index (Phi) is 3.41. The van der Waals surface area contributed by atoms with Crippen molar-refractivity contribution in [2.24, 2.45) is 0 Å². The van der Waals surface area contributed by atoms with Crippen molar-refractivity contribution < 1.29 is 9.21 Å². The quantitative estimate of drug-likeness (QED) is 0.940. The first-order valence-electron chi connectivity index (χ1n) is 8.16. The van der Waals surface area contributed by atoms with Gasteiger partial charge in [0, 0.05) is 18.7 Å². The van der Waals surface area contributed by atoms with Crippen LogP contribution < -0.4 is 5.32 Å². The molecule has 120 valence electrons. The Morgan fingerprint density at radius 3 is 2.96 bits per heavy atom. The van der Waals surface area contributed by atoms with E-state index >= 15 is 0 Å². The summed E-state index contributed by atoms with van der Waals surface area (Å²) in [5.41, 5.74) is 1.63. The number of para-hydroxylation sites is 1. The molecule has 23 heavy (non-hydrogen) atoms. The van der Waals surface area contributed by atoms with Crippen LogP contribution in [0.15, 0.2) is 28.7 Å². The first-order valence-corrected chi connectivity index (χ1v) is 8.16. The largest absolute Gasteiger partial charge is 0.424 e. The number of carbonyl (C=O) groups excluding carboxylic acids is 1. The minimum Gasteiger partial charge on any atom is -0.424 e. The van der Waals surface area contributed by atoms with Crippen molar-refractivity contribution in [2.45, 2.75) is 38.1 Å². The lowest BCUT2D eigenvalue weighted by atomic mass is 9.75. The van der Waals surface area contributed by atoms with Crippen LogP contribution in [0.25, 0.3) is 0 Å². The van der Waals surface area contributed by atoms with Gasteiger partial charge in [-0.15, -0.1) is 10.2 Å². The average Bonchev–Trinajstić information content (AvgIpc) is 3.12. The van der Waals surface area contributed by atoms with Gasteiger partial charge in [-0.3, -0.25) is 9.69 Å². The van der Waals surface area contributed by atoms with Crippen molar-refractivity contribution in [3.05, 3.63) is 41.6 Å². The van der Waals surface area contributed by atoms with E-state index < -0.39 is 5.41 Å². The van der Waals surface area contributed by atoms with E-state index in [2.05, 4.69) is 26.5 Å². The Labute approximate surface area is 134 Å². The maximum Gasteiger partial charge on any atom is 0.236 e. The molecule has 1 aromatic carbocycles. The van der Waals surface area contributed by atoms with Crippen LogP contribution in [-0.4, -0.2) is 34.1 Å². The van der Waals surface area contributed by atoms with Gasteiger partial charge in [0.15, 0.2) is 0 Å². The predicted octanol–water partition coefficient (Wildman–Crippen LogP) is 2.12. The van der Waals surface area contributed by atoms with Gasteiger partial charge in [-0.25, -0.2) is 0 Å². The van der Waals surface area contributed by atoms with E-state index in [1.54, 1.807) is 0 Å². The van der Waals surface area contributed by atoms with Crippen LogP contribution in [0.3, 0.4) is 0 Å². The smallest absolute Gasteiger partial charge is 0.236 e. The summed E-state index contributed by atoms with van der Waals surface area (Å²) >= 11 is 0. The third-order valence-corrected chi connectivity index (χ3v) is 4.87. The third kappa shape index (κ3) is 2.34. The number of amides is 1. The second-order valence-corrected chi connectivity index (χ2v) is 6.34. The summed E-state index contributed by atoms with van der Waals surface area (Å²) in [6.07, 6.45) is 2.61. The molecule has 1 amide bonds. The Balaban J connectivity index is 1.58. The number of hydrogen-bond donors (Lipinski definition) is 1. The first-order chi connectivity index (χ1) is 11.2. The summed E-state index contributed by atoms with van der Waals surface area (Å²) in [7, 11) is 0. The monoisotopic (exact) mass is 312 g/mol. The summed E-state index contributed by atoms with van der Waals surface area (Å²) in [6.45, 7) is 4.23. The number of nitrogens with one attached hydrogen (secondary N) is 1. The van der Waals surface area contributed by atoms with Crippen LogP contribution in [0, 0.1) is 0 Å². The Morgan fingerprint density at radius 1 is 1.30 bits per heavy atom. The van der Waals surface area contributed by atoms with E-state index in [9.17, 15) is 4.79 Å². The number of carbonyl (C=O) groups is 1. The molecule has 3 heterocycles. The summed E-state index contributed by atoms with van der Waals surface area (Å²) in [6, 6.07) is 8.01. The molecule has 0 bridgehead atoms. The Hall–Kier alpha value is -2.21. The number of benzene rings is 1. The van der Waals surface area contributed by atoms with E-state index in [0.717, 1.165) is 37.1 Å². The highest BCUT2D eigenvalue weighted by molar-refractivity contribution is 6.06. The Bertz CT molecular complexity index is 742. The molecule has 1 fully saturated rings. The maximum atomic E-state index is 12.7. The minimum absolute atomic E-state index is 0.114. The zero-order valence-electron chi connectivity index (χ0n) is 13.2. The number of aromatic nitrogens is 2. The van der Waals surface area contributed by atoms with Crippen LogP contribution in [-0.2, 0) is 23.2 Å². The van der Waals surface area contributed by atoms with Crippen molar-refractivity contribution in [1.29, 1.82) is 0 Å². The number of nitrogens with zero attached hydrogens (tertiary/aromatic N) is 3. The number of piperidine rings is 1. The molecule has 2 aliphatic rings. The normalized spacial score (nSPS) is 24.0. The molecule has 1 spiro atoms. The molecule has 6 heteroatoms. The molecule has 0 unspecified atom stereocenters. The highest BCUT2D eigenvalue weighted by atomic mass is 16.4. The molecule has 6 nitrogen and oxygen atoms in total. The second-order valence-electron chi connectivity index (χ2n) is 6.34. The molecule has 4 rings (SSSR count). The fourth-order valence-electron chi connectivity index (χ4n) is 3.74. The van der Waals surface area contributed by atoms with Gasteiger partial charge in [0.05, 0.1) is 12.0 Å². The standard InChI is InChI=1S/C17H20N4O2/c1-2-14-19-20-15(23-14)10-21-9-5-8-17(11-21)12-6-3-4-7-13(12)18-16(17)22/h3-4,6-7H,2,5,8-11H2,1H3,(H,18,22)/t17-/m1/s1. The number of aryl methyl sites for hydroxylation is 1. The number of rotatable bonds is 3. The number of anilines is 1. The third-order valence-electron chi connectivity index (χ3n) is 4.87. The molecule has 0 radical (unpaired) electrons. The van der Waals surface area contributed by atoms with E-state index in [-0.39, 0.29) is 5.91 Å². The van der Waals surface area contributed by atoms with Gasteiger partial charge >= 0.3 is 0 Å². The summed E-state index contributed by atoms with van der Waals surface area (Å²) < 4.78 is 5.62. The van der Waals surface area contributed by atoms with Crippen LogP contribution in [0.5, 0.6) is 0 Å². The average molecular weight is 312 g/mol. The van der Waals surface area contributed by atoms with Crippen molar-refractivity contribution in [3.8, 4) is 0 Å². The van der Waals surface area contributed by atoms with Crippen LogP contribution >= 0.6 is 0 Å². The van der Waals surface area contributed by atoms with Crippen molar-refractivity contribution >= 4 is 11.6 Å². The van der Waals surface area contributed by atoms with Gasteiger partial charge in [0.2, 0.25) is 17.7 Å². The number of likely N-dealkylation sites (tertiary alicyclic amines) is 1. The zero-order valence-corrected chi connectivity index (χ0v) is 13.2. The van der Waals surface area contributed by atoms with E-state index in [0.29, 0.717) is 24.9 Å². The molecular formula is C17H20N4O2. The van der Waals surface area contributed by atoms with Crippen LogP contribution in [0.2, 0.25) is 0 Å². The molecule has 1 aromatic heterocycles. The fourth-order valence-corrected chi connectivity index (χ4v) is 3.74. The highest BCUT2D eigenvalue weighted by Gasteiger charge is 2.49. The maximum absolute atomic E-state index is 12.7. The predicted molar refractivity (Wildman–Crippen MR) is 84.9 cm³/mol. The zero-order chi connectivity index (χ0) is 15.9. The molecule has 0 saturated carbocycles. The van der Waals surface area contributed by atoms with Gasteiger partial charge in [-0.05, 0) is 31.0 Å². The summed E-state index contributed by atoms with van der Waals surface area (Å²) in [5, 5.41) is 11.2. The van der Waals surface area contributed by atoms with Gasteiger partial charge in [-0.1, -0.05) is 25.1 Å². The van der Waals surface area contributed by atoms with Gasteiger partial charge in [0.25, 0.3) is 0 Å². The van der Waals surface area contributed by atoms with Crippen molar-refractivity contribution in [3.63, 3.8) is 0 Å². The molecular weight excluding hydrogens is 292 g/mol. The lowest BCUT2D eigenvalue weighted by Gasteiger charge is -2.38. The molecule has 0 aliphatic carbocycles. The fraction of sp³-hybridized carbons (Fsp3) is 0.471. The van der Waals surface area contributed by atoms with Gasteiger partial charge in [-0.2, -0.15) is 0 Å². The van der Waals surface area contributed by atoms with Crippen LogP contribution in [0.4, 0.5) is 5.69 Å². The first kappa shape index (κ1) is 14.4. The summed E-state index contributed by atoms with van der Waals surface area (Å²) in [5.74, 6) is 1.41. The molecule has 2 aliphatic heterocycles. The second kappa shape index (κ2) is 5.45. The SMILES string of the molecule is CCc1nnc(CN2CCC[C@]3(C2)C(=O)Nc2ccccc23)o1. The molecule has 1 saturated heterocycles. The Morgan fingerprint density at radius 2 is 2.13 bits per heavy atom. The molecule has 1 atom stereocenters. The number of hydrogen-bond acceptors (Lipinski definition) is 5. The van der Waals surface area contributed by atoms with E-state index in [1.165, 1.54) is 0 Å². The lowest BCUT2D eigenvalue weighted by Crippen LogP contribution is -2.49. The van der Waals surface area contributed by atoms with Crippen molar-refractivity contribution in [1.82, 2.24) is 15.1 Å². The van der Waals surface area contributed by atoms with Gasteiger partial charge in [0.1, 0.15) is 0 Å². The molecule has 1 N–H and O–H groups in total. The number of fused-ring (bicyclic) bond motifs is 2. The van der Waals surface area contributed by atoms with E-state index in [4.69, 9.17) is 4.42 Å². The highest BCUT2D eigenvalue weighted by Crippen LogP contribution is 2.43. The van der Waals surface area contributed by atoms with Gasteiger partial charge < -0.3 is 9.73 Å². The topological polar surface area (TPSA) is 71.3 Å².